The van der Waals surface area contributed by atoms with E-state index in [1.54, 1.807) is 0 Å². The predicted octanol–water partition coefficient (Wildman–Crippen LogP) is 2.66. The van der Waals surface area contributed by atoms with E-state index >= 15 is 0 Å². The fourth-order valence-corrected chi connectivity index (χ4v) is 5.96. The number of hydrogen-bond donors (Lipinski definition) is 0. The molecule has 3 fully saturated rings. The first-order valence-corrected chi connectivity index (χ1v) is 14.2. The van der Waals surface area contributed by atoms with Crippen molar-refractivity contribution in [1.82, 2.24) is 19.9 Å². The molecule has 0 radical (unpaired) electrons. The van der Waals surface area contributed by atoms with Gasteiger partial charge in [-0.1, -0.05) is 0 Å². The molecule has 6 rings (SSSR count). The summed E-state index contributed by atoms with van der Waals surface area (Å²) in [6, 6.07) is 4.11. The molecule has 1 atom stereocenters. The summed E-state index contributed by atoms with van der Waals surface area (Å²) in [6.45, 7) is 9.10. The normalized spacial score (nSPS) is 26.7. The average Bonchev–Trinajstić information content (AvgIpc) is 3.41. The van der Waals surface area contributed by atoms with Gasteiger partial charge in [-0.05, 0) is 37.7 Å². The third-order valence-electron chi connectivity index (χ3n) is 8.25. The number of morpholine rings is 2. The van der Waals surface area contributed by atoms with Crippen LogP contribution >= 0.6 is 0 Å². The number of nitrogens with zero attached hydrogens (tertiary/aromatic N) is 6. The Balaban J connectivity index is 1.17. The Morgan fingerprint density at radius 2 is 1.74 bits per heavy atom. The first-order chi connectivity index (χ1) is 18.7. The number of rotatable bonds is 8. The maximum absolute atomic E-state index is 6.66. The van der Waals surface area contributed by atoms with Gasteiger partial charge in [-0.3, -0.25) is 14.9 Å². The number of hydrazone groups is 1. The van der Waals surface area contributed by atoms with Crippen LogP contribution in [0.5, 0.6) is 11.6 Å². The van der Waals surface area contributed by atoms with Crippen molar-refractivity contribution in [2.45, 2.75) is 31.8 Å². The molecule has 5 heterocycles. The summed E-state index contributed by atoms with van der Waals surface area (Å²) < 4.78 is 23.8. The highest BCUT2D eigenvalue weighted by Gasteiger charge is 2.31. The van der Waals surface area contributed by atoms with Gasteiger partial charge in [-0.25, -0.2) is 0 Å². The van der Waals surface area contributed by atoms with Crippen LogP contribution in [0.15, 0.2) is 23.4 Å². The Morgan fingerprint density at radius 3 is 2.47 bits per heavy atom. The van der Waals surface area contributed by atoms with Crippen LogP contribution in [0.3, 0.4) is 0 Å². The minimum Gasteiger partial charge on any atom is -0.491 e. The van der Waals surface area contributed by atoms with E-state index in [0.29, 0.717) is 37.5 Å². The van der Waals surface area contributed by atoms with Crippen LogP contribution in [-0.2, 0) is 9.47 Å². The molecule has 0 bridgehead atoms. The van der Waals surface area contributed by atoms with Gasteiger partial charge in [0, 0.05) is 64.5 Å². The van der Waals surface area contributed by atoms with Gasteiger partial charge in [-0.15, -0.1) is 0 Å². The van der Waals surface area contributed by atoms with E-state index in [1.807, 2.05) is 17.3 Å². The van der Waals surface area contributed by atoms with Crippen LogP contribution in [-0.4, -0.2) is 112 Å². The van der Waals surface area contributed by atoms with Crippen molar-refractivity contribution in [2.75, 3.05) is 84.3 Å². The summed E-state index contributed by atoms with van der Waals surface area (Å²) in [4.78, 5) is 14.4. The number of aromatic nitrogens is 2. The van der Waals surface area contributed by atoms with E-state index < -0.39 is 0 Å². The molecule has 10 heteroatoms. The molecule has 1 saturated carbocycles. The van der Waals surface area contributed by atoms with E-state index in [9.17, 15) is 0 Å². The third kappa shape index (κ3) is 6.13. The molecule has 2 saturated heterocycles. The van der Waals surface area contributed by atoms with Gasteiger partial charge in [0.05, 0.1) is 43.5 Å². The smallest absolute Gasteiger partial charge is 0.225 e. The van der Waals surface area contributed by atoms with Crippen molar-refractivity contribution in [3.8, 4) is 11.6 Å². The van der Waals surface area contributed by atoms with Gasteiger partial charge in [0.15, 0.2) is 0 Å². The molecule has 4 aliphatic rings. The first-order valence-electron chi connectivity index (χ1n) is 14.2. The lowest BCUT2D eigenvalue weighted by molar-refractivity contribution is 0.0322. The molecule has 0 spiro atoms. The highest BCUT2D eigenvalue weighted by atomic mass is 16.5. The van der Waals surface area contributed by atoms with Gasteiger partial charge in [0.25, 0.3) is 0 Å². The monoisotopic (exact) mass is 524 g/mol. The third-order valence-corrected chi connectivity index (χ3v) is 8.25. The maximum atomic E-state index is 6.66. The van der Waals surface area contributed by atoms with Crippen molar-refractivity contribution in [1.29, 1.82) is 0 Å². The Bertz CT molecular complexity index is 1100. The van der Waals surface area contributed by atoms with Gasteiger partial charge in [0.1, 0.15) is 24.3 Å². The summed E-state index contributed by atoms with van der Waals surface area (Å²) in [6.07, 6.45) is 8.50. The number of anilines is 1. The lowest BCUT2D eigenvalue weighted by Crippen LogP contribution is -2.38. The van der Waals surface area contributed by atoms with Crippen molar-refractivity contribution in [3.05, 3.63) is 18.3 Å². The summed E-state index contributed by atoms with van der Waals surface area (Å²) in [5.74, 6) is 3.57. The molecular formula is C28H40N6O4. The number of pyridine rings is 2. The highest BCUT2D eigenvalue weighted by molar-refractivity contribution is 5.87. The van der Waals surface area contributed by atoms with Gasteiger partial charge < -0.3 is 23.8 Å². The van der Waals surface area contributed by atoms with Crippen LogP contribution in [0, 0.1) is 11.8 Å². The number of hydrogen-bond acceptors (Lipinski definition) is 10. The molecule has 2 aromatic rings. The molecule has 3 aliphatic heterocycles. The molecule has 38 heavy (non-hydrogen) atoms. The minimum absolute atomic E-state index is 0.156. The SMILES string of the molecule is CN1CC(C2CCC(Oc3nc(N4CCOCC4)cc4ncc(OCCN5CCOCC5)cc34)CC2)C=N1. The Morgan fingerprint density at radius 1 is 0.974 bits per heavy atom. The van der Waals surface area contributed by atoms with E-state index in [-0.39, 0.29) is 6.10 Å². The molecule has 10 nitrogen and oxygen atoms in total. The van der Waals surface area contributed by atoms with Crippen molar-refractivity contribution in [2.24, 2.45) is 16.9 Å². The zero-order chi connectivity index (χ0) is 25.7. The van der Waals surface area contributed by atoms with Crippen LogP contribution in [0.2, 0.25) is 0 Å². The van der Waals surface area contributed by atoms with Crippen LogP contribution < -0.4 is 14.4 Å². The van der Waals surface area contributed by atoms with E-state index in [2.05, 4.69) is 34.2 Å². The summed E-state index contributed by atoms with van der Waals surface area (Å²) in [5.41, 5.74) is 0.885. The van der Waals surface area contributed by atoms with E-state index in [1.165, 1.54) is 0 Å². The topological polar surface area (TPSA) is 84.8 Å². The van der Waals surface area contributed by atoms with Crippen molar-refractivity contribution in [3.63, 3.8) is 0 Å². The second-order valence-electron chi connectivity index (χ2n) is 10.8. The lowest BCUT2D eigenvalue weighted by atomic mass is 9.79. The molecular weight excluding hydrogens is 484 g/mol. The van der Waals surface area contributed by atoms with Crippen LogP contribution in [0.25, 0.3) is 10.9 Å². The fraction of sp³-hybridized carbons (Fsp3) is 0.679. The Hall–Kier alpha value is -2.69. The summed E-state index contributed by atoms with van der Waals surface area (Å²) >= 11 is 0. The maximum Gasteiger partial charge on any atom is 0.225 e. The number of ether oxygens (including phenoxy) is 4. The molecule has 0 amide bonds. The minimum atomic E-state index is 0.156. The summed E-state index contributed by atoms with van der Waals surface area (Å²) in [7, 11) is 2.05. The fourth-order valence-electron chi connectivity index (χ4n) is 5.96. The predicted molar refractivity (Wildman–Crippen MR) is 146 cm³/mol. The van der Waals surface area contributed by atoms with Crippen molar-refractivity contribution >= 4 is 22.9 Å². The number of fused-ring (bicyclic) bond motifs is 1. The molecule has 1 unspecified atom stereocenters. The molecule has 0 N–H and O–H groups in total. The van der Waals surface area contributed by atoms with E-state index in [4.69, 9.17) is 28.9 Å². The zero-order valence-electron chi connectivity index (χ0n) is 22.5. The average molecular weight is 525 g/mol. The van der Waals surface area contributed by atoms with Crippen LogP contribution in [0.4, 0.5) is 5.82 Å². The second kappa shape index (κ2) is 12.0. The van der Waals surface area contributed by atoms with E-state index in [0.717, 1.165) is 101 Å². The summed E-state index contributed by atoms with van der Waals surface area (Å²) in [5, 5.41) is 7.41. The zero-order valence-corrected chi connectivity index (χ0v) is 22.5. The first kappa shape index (κ1) is 25.6. The second-order valence-corrected chi connectivity index (χ2v) is 10.8. The standard InChI is InChI=1S/C28H40N6O4/c1-32-20-22(18-30-32)21-2-4-23(5-3-21)38-28-25-16-24(37-15-8-33-6-11-35-12-7-33)19-29-26(25)17-27(31-28)34-9-13-36-14-10-34/h16-19,21-23H,2-15,20H2,1H3. The Labute approximate surface area is 224 Å². The molecule has 0 aromatic carbocycles. The van der Waals surface area contributed by atoms with Crippen LogP contribution in [0.1, 0.15) is 25.7 Å². The van der Waals surface area contributed by atoms with Gasteiger partial charge in [-0.2, -0.15) is 10.1 Å². The van der Waals surface area contributed by atoms with Gasteiger partial charge >= 0.3 is 0 Å². The molecule has 2 aromatic heterocycles. The quantitative estimate of drug-likeness (QED) is 0.517. The Kier molecular flexibility index (Phi) is 8.08. The molecule has 206 valence electrons. The largest absolute Gasteiger partial charge is 0.491 e. The van der Waals surface area contributed by atoms with Gasteiger partial charge in [0.2, 0.25) is 5.88 Å². The highest BCUT2D eigenvalue weighted by Crippen LogP contribution is 2.36. The molecule has 1 aliphatic carbocycles. The van der Waals surface area contributed by atoms with Crippen molar-refractivity contribution < 1.29 is 18.9 Å². The lowest BCUT2D eigenvalue weighted by Gasteiger charge is -2.32.